The summed E-state index contributed by atoms with van der Waals surface area (Å²) in [5.74, 6) is 0. The number of hydrogen-bond donors (Lipinski definition) is 1. The van der Waals surface area contributed by atoms with E-state index in [9.17, 15) is 5.11 Å². The van der Waals surface area contributed by atoms with Crippen LogP contribution in [0, 0.1) is 0 Å². The molecule has 17 heavy (non-hydrogen) atoms. The first-order chi connectivity index (χ1) is 8.03. The van der Waals surface area contributed by atoms with Gasteiger partial charge in [-0.15, -0.1) is 6.58 Å². The maximum Gasteiger partial charge on any atom is 0.0577 e. The number of aliphatic hydroxyl groups excluding tert-OH is 1. The molecule has 0 amide bonds. The molecule has 0 saturated carbocycles. The molecule has 0 fully saturated rings. The van der Waals surface area contributed by atoms with Crippen molar-refractivity contribution < 1.29 is 5.11 Å². The van der Waals surface area contributed by atoms with Crippen molar-refractivity contribution in [2.45, 2.75) is 44.1 Å². The minimum atomic E-state index is -1.16. The lowest BCUT2D eigenvalue weighted by atomic mass is 10.1. The van der Waals surface area contributed by atoms with E-state index in [0.717, 1.165) is 18.9 Å². The molecule has 0 aliphatic carbocycles. The molecule has 0 aliphatic rings. The smallest absolute Gasteiger partial charge is 0.0577 e. The lowest BCUT2D eigenvalue weighted by Gasteiger charge is -2.22. The van der Waals surface area contributed by atoms with Crippen LogP contribution < -0.4 is 0 Å². The predicted octanol–water partition coefficient (Wildman–Crippen LogP) is 3.87. The minimum Gasteiger partial charge on any atom is -0.393 e. The van der Waals surface area contributed by atoms with Gasteiger partial charge in [0.15, 0.2) is 0 Å². The molecule has 1 aromatic rings. The van der Waals surface area contributed by atoms with Crippen LogP contribution in [0.4, 0.5) is 0 Å². The molecule has 0 radical (unpaired) electrons. The van der Waals surface area contributed by atoms with Crippen molar-refractivity contribution in [1.29, 1.82) is 0 Å². The van der Waals surface area contributed by atoms with Gasteiger partial charge in [-0.2, -0.15) is 0 Å². The van der Waals surface area contributed by atoms with Gasteiger partial charge in [-0.25, -0.2) is 0 Å². The van der Waals surface area contributed by atoms with E-state index < -0.39 is 8.07 Å². The van der Waals surface area contributed by atoms with E-state index in [1.54, 1.807) is 0 Å². The van der Waals surface area contributed by atoms with E-state index in [4.69, 9.17) is 0 Å². The van der Waals surface area contributed by atoms with Gasteiger partial charge in [-0.1, -0.05) is 55.5 Å². The summed E-state index contributed by atoms with van der Waals surface area (Å²) in [7, 11) is -1.16. The highest BCUT2D eigenvalue weighted by Gasteiger charge is 2.20. The van der Waals surface area contributed by atoms with Gasteiger partial charge in [0.2, 0.25) is 0 Å². The number of benzene rings is 1. The summed E-state index contributed by atoms with van der Waals surface area (Å²) in [6, 6.07) is 12.5. The van der Waals surface area contributed by atoms with E-state index in [-0.39, 0.29) is 6.10 Å². The summed E-state index contributed by atoms with van der Waals surface area (Å²) in [5, 5.41) is 10.0. The van der Waals surface area contributed by atoms with Crippen LogP contribution in [-0.4, -0.2) is 19.3 Å². The van der Waals surface area contributed by atoms with Gasteiger partial charge < -0.3 is 5.11 Å². The second-order valence-corrected chi connectivity index (χ2v) is 10.8. The van der Waals surface area contributed by atoms with Crippen LogP contribution >= 0.6 is 0 Å². The third-order valence-corrected chi connectivity index (χ3v) is 6.20. The minimum absolute atomic E-state index is 0.200. The fraction of sp³-hybridized carbons (Fsp3) is 0.467. The zero-order valence-electron chi connectivity index (χ0n) is 11.0. The highest BCUT2D eigenvalue weighted by molar-refractivity contribution is 6.77. The Hall–Kier alpha value is -0.863. The van der Waals surface area contributed by atoms with E-state index in [1.807, 2.05) is 24.3 Å². The normalized spacial score (nSPS) is 13.4. The number of hydrogen-bond acceptors (Lipinski definition) is 1. The molecular weight excluding hydrogens is 224 g/mol. The van der Waals surface area contributed by atoms with Crippen molar-refractivity contribution in [2.24, 2.45) is 0 Å². The fourth-order valence-corrected chi connectivity index (χ4v) is 4.14. The van der Waals surface area contributed by atoms with Crippen molar-refractivity contribution in [3.05, 3.63) is 48.6 Å². The second-order valence-electron chi connectivity index (χ2n) is 5.54. The highest BCUT2D eigenvalue weighted by atomic mass is 28.3. The Morgan fingerprint density at radius 2 is 1.94 bits per heavy atom. The molecule has 1 rings (SSSR count). The molecule has 0 aromatic heterocycles. The summed E-state index contributed by atoms with van der Waals surface area (Å²) >= 11 is 0. The first-order valence-electron chi connectivity index (χ1n) is 6.36. The van der Waals surface area contributed by atoms with Gasteiger partial charge >= 0.3 is 0 Å². The lowest BCUT2D eigenvalue weighted by molar-refractivity contribution is 0.170. The lowest BCUT2D eigenvalue weighted by Crippen LogP contribution is -2.26. The predicted molar refractivity (Wildman–Crippen MR) is 78.1 cm³/mol. The SMILES string of the molecule is C=CC[Si](C)(C)CCC(O)Cc1ccccc1. The van der Waals surface area contributed by atoms with Crippen molar-refractivity contribution in [3.63, 3.8) is 0 Å². The van der Waals surface area contributed by atoms with Gasteiger partial charge in [0.05, 0.1) is 14.2 Å². The average molecular weight is 248 g/mol. The first kappa shape index (κ1) is 14.2. The van der Waals surface area contributed by atoms with Gasteiger partial charge in [-0.3, -0.25) is 0 Å². The maximum atomic E-state index is 10.0. The van der Waals surface area contributed by atoms with Gasteiger partial charge in [0.1, 0.15) is 0 Å². The van der Waals surface area contributed by atoms with Crippen LogP contribution in [0.2, 0.25) is 25.2 Å². The monoisotopic (exact) mass is 248 g/mol. The number of rotatable bonds is 7. The molecule has 1 nitrogen and oxygen atoms in total. The van der Waals surface area contributed by atoms with Crippen molar-refractivity contribution in [3.8, 4) is 0 Å². The molecule has 0 heterocycles. The zero-order valence-corrected chi connectivity index (χ0v) is 12.0. The van der Waals surface area contributed by atoms with Crippen LogP contribution in [0.3, 0.4) is 0 Å². The number of aliphatic hydroxyl groups is 1. The van der Waals surface area contributed by atoms with E-state index in [1.165, 1.54) is 11.6 Å². The Morgan fingerprint density at radius 1 is 1.29 bits per heavy atom. The zero-order chi connectivity index (χ0) is 12.7. The van der Waals surface area contributed by atoms with E-state index >= 15 is 0 Å². The molecule has 0 bridgehead atoms. The second kappa shape index (κ2) is 6.77. The standard InChI is InChI=1S/C15H24OSi/c1-4-11-17(2,3)12-10-15(16)13-14-8-6-5-7-9-14/h4-9,15-16H,1,10-13H2,2-3H3. The van der Waals surface area contributed by atoms with Crippen molar-refractivity contribution in [2.75, 3.05) is 0 Å². The fourth-order valence-electron chi connectivity index (χ4n) is 2.04. The van der Waals surface area contributed by atoms with Crippen LogP contribution in [-0.2, 0) is 6.42 Å². The Morgan fingerprint density at radius 3 is 2.53 bits per heavy atom. The van der Waals surface area contributed by atoms with Crippen molar-refractivity contribution >= 4 is 8.07 Å². The van der Waals surface area contributed by atoms with Crippen LogP contribution in [0.15, 0.2) is 43.0 Å². The average Bonchev–Trinajstić information content (AvgIpc) is 2.28. The third kappa shape index (κ3) is 5.85. The summed E-state index contributed by atoms with van der Waals surface area (Å²) in [4.78, 5) is 0. The Bertz CT molecular complexity index is 332. The molecule has 1 aromatic carbocycles. The topological polar surface area (TPSA) is 20.2 Å². The Kier molecular flexibility index (Phi) is 5.66. The molecule has 0 saturated heterocycles. The molecule has 0 spiro atoms. The molecule has 94 valence electrons. The number of allylic oxidation sites excluding steroid dienone is 1. The maximum absolute atomic E-state index is 10.0. The molecule has 1 atom stereocenters. The van der Waals surface area contributed by atoms with Crippen LogP contribution in [0.5, 0.6) is 0 Å². The van der Waals surface area contributed by atoms with Gasteiger partial charge in [0, 0.05) is 0 Å². The van der Waals surface area contributed by atoms with Crippen LogP contribution in [0.25, 0.3) is 0 Å². The molecule has 2 heteroatoms. The summed E-state index contributed by atoms with van der Waals surface area (Å²) < 4.78 is 0. The Labute approximate surface area is 106 Å². The van der Waals surface area contributed by atoms with E-state index in [2.05, 4.69) is 31.8 Å². The highest BCUT2D eigenvalue weighted by Crippen LogP contribution is 2.20. The summed E-state index contributed by atoms with van der Waals surface area (Å²) in [6.45, 7) is 8.54. The quantitative estimate of drug-likeness (QED) is 0.573. The summed E-state index contributed by atoms with van der Waals surface area (Å²) in [5.41, 5.74) is 1.23. The molecule has 0 aliphatic heterocycles. The van der Waals surface area contributed by atoms with Crippen LogP contribution in [0.1, 0.15) is 12.0 Å². The molecule has 1 unspecified atom stereocenters. The third-order valence-electron chi connectivity index (χ3n) is 3.17. The van der Waals surface area contributed by atoms with Gasteiger partial charge in [0.25, 0.3) is 0 Å². The van der Waals surface area contributed by atoms with E-state index in [0.29, 0.717) is 0 Å². The molecular formula is C15H24OSi. The van der Waals surface area contributed by atoms with Gasteiger partial charge in [-0.05, 0) is 24.4 Å². The van der Waals surface area contributed by atoms with Crippen molar-refractivity contribution in [1.82, 2.24) is 0 Å². The largest absolute Gasteiger partial charge is 0.393 e. The first-order valence-corrected chi connectivity index (χ1v) is 9.78. The Balaban J connectivity index is 2.35. The summed E-state index contributed by atoms with van der Waals surface area (Å²) in [6.07, 6.45) is 3.52. The molecule has 1 N–H and O–H groups in total.